The van der Waals surface area contributed by atoms with Crippen molar-refractivity contribution in [1.82, 2.24) is 0 Å². The summed E-state index contributed by atoms with van der Waals surface area (Å²) in [5.74, 6) is 0.954. The summed E-state index contributed by atoms with van der Waals surface area (Å²) in [6, 6.07) is 12.6. The largest absolute Gasteiger partial charge is 0.483 e. The number of aryl methyl sites for hydroxylation is 2. The first kappa shape index (κ1) is 19.5. The topological polar surface area (TPSA) is 63.7 Å². The fourth-order valence-corrected chi connectivity index (χ4v) is 6.10. The Hall–Kier alpha value is -3.21. The number of rotatable bonds is 5. The van der Waals surface area contributed by atoms with Crippen molar-refractivity contribution < 1.29 is 19.1 Å². The third-order valence-corrected chi connectivity index (χ3v) is 7.96. The van der Waals surface area contributed by atoms with Crippen LogP contribution in [0.15, 0.2) is 54.6 Å². The maximum atomic E-state index is 13.4. The van der Waals surface area contributed by atoms with E-state index in [1.165, 1.54) is 4.90 Å². The van der Waals surface area contributed by atoms with Crippen molar-refractivity contribution in [2.75, 3.05) is 11.5 Å². The van der Waals surface area contributed by atoms with Crippen molar-refractivity contribution in [3.05, 3.63) is 71.3 Å². The summed E-state index contributed by atoms with van der Waals surface area (Å²) < 4.78 is 5.87. The number of Topliss-reactive ketones (excluding diaryl/α,β-unsaturated/α-hetero) is 1. The number of nitrogens with zero attached hydrogens (tertiary/aromatic N) is 1. The van der Waals surface area contributed by atoms with E-state index in [9.17, 15) is 14.4 Å². The predicted molar refractivity (Wildman–Crippen MR) is 119 cm³/mol. The molecule has 32 heavy (non-hydrogen) atoms. The fraction of sp³-hybridized carbons (Fsp3) is 0.370. The second kappa shape index (κ2) is 6.89. The average Bonchev–Trinajstić information content (AvgIpc) is 3.58. The first-order valence-electron chi connectivity index (χ1n) is 11.3. The van der Waals surface area contributed by atoms with Gasteiger partial charge in [0, 0.05) is 5.56 Å². The molecule has 2 bridgehead atoms. The molecule has 0 N–H and O–H groups in total. The predicted octanol–water partition coefficient (Wildman–Crippen LogP) is 4.12. The Bertz CT molecular complexity index is 1160. The number of carbonyl (C=O) groups is 3. The van der Waals surface area contributed by atoms with E-state index in [1.807, 2.05) is 26.0 Å². The number of ether oxygens (including phenoxy) is 1. The fourth-order valence-electron chi connectivity index (χ4n) is 6.10. The molecule has 0 aromatic heterocycles. The molecular formula is C27H25NO4. The van der Waals surface area contributed by atoms with E-state index in [-0.39, 0.29) is 47.9 Å². The molecule has 0 radical (unpaired) electrons. The van der Waals surface area contributed by atoms with E-state index in [0.29, 0.717) is 28.8 Å². The van der Waals surface area contributed by atoms with Gasteiger partial charge in [0.1, 0.15) is 5.75 Å². The first-order valence-corrected chi connectivity index (χ1v) is 11.3. The Morgan fingerprint density at radius 3 is 2.25 bits per heavy atom. The van der Waals surface area contributed by atoms with Gasteiger partial charge in [-0.3, -0.25) is 14.4 Å². The summed E-state index contributed by atoms with van der Waals surface area (Å²) >= 11 is 0. The third-order valence-electron chi connectivity index (χ3n) is 7.96. The zero-order chi connectivity index (χ0) is 22.1. The van der Waals surface area contributed by atoms with E-state index in [0.717, 1.165) is 17.5 Å². The molecular weight excluding hydrogens is 402 g/mol. The lowest BCUT2D eigenvalue weighted by Gasteiger charge is -2.37. The highest BCUT2D eigenvalue weighted by molar-refractivity contribution is 6.23. The van der Waals surface area contributed by atoms with Crippen molar-refractivity contribution in [3.8, 4) is 5.75 Å². The molecule has 1 saturated heterocycles. The molecule has 1 aliphatic heterocycles. The van der Waals surface area contributed by atoms with Gasteiger partial charge in [-0.25, -0.2) is 4.90 Å². The van der Waals surface area contributed by atoms with Crippen molar-refractivity contribution in [2.24, 2.45) is 35.5 Å². The number of amides is 2. The molecule has 3 fully saturated rings. The molecule has 0 spiro atoms. The van der Waals surface area contributed by atoms with Crippen LogP contribution in [0.4, 0.5) is 5.69 Å². The van der Waals surface area contributed by atoms with Crippen LogP contribution in [-0.4, -0.2) is 24.2 Å². The molecule has 1 heterocycles. The maximum absolute atomic E-state index is 13.4. The Morgan fingerprint density at radius 2 is 1.59 bits per heavy atom. The van der Waals surface area contributed by atoms with Crippen LogP contribution in [0.1, 0.15) is 27.9 Å². The van der Waals surface area contributed by atoms with Gasteiger partial charge in [-0.15, -0.1) is 0 Å². The van der Waals surface area contributed by atoms with Gasteiger partial charge >= 0.3 is 0 Å². The number of para-hydroxylation sites is 2. The number of anilines is 1. The monoisotopic (exact) mass is 427 g/mol. The van der Waals surface area contributed by atoms with Gasteiger partial charge in [0.25, 0.3) is 0 Å². The van der Waals surface area contributed by atoms with Crippen molar-refractivity contribution >= 4 is 23.3 Å². The summed E-state index contributed by atoms with van der Waals surface area (Å²) in [6.45, 7) is 3.82. The molecule has 2 aromatic carbocycles. The number of imide groups is 1. The summed E-state index contributed by atoms with van der Waals surface area (Å²) in [5, 5.41) is 0. The molecule has 7 rings (SSSR count). The zero-order valence-corrected chi connectivity index (χ0v) is 18.2. The number of ketones is 1. The minimum absolute atomic E-state index is 0.124. The number of hydrogen-bond acceptors (Lipinski definition) is 4. The molecule has 162 valence electrons. The molecule has 2 aromatic rings. The summed E-state index contributed by atoms with van der Waals surface area (Å²) in [6.07, 6.45) is 5.47. The quantitative estimate of drug-likeness (QED) is 0.409. The maximum Gasteiger partial charge on any atom is 0.238 e. The van der Waals surface area contributed by atoms with E-state index in [2.05, 4.69) is 12.2 Å². The van der Waals surface area contributed by atoms with Crippen LogP contribution < -0.4 is 9.64 Å². The second-order valence-electron chi connectivity index (χ2n) is 9.65. The Kier molecular flexibility index (Phi) is 4.19. The van der Waals surface area contributed by atoms with Crippen LogP contribution in [-0.2, 0) is 9.59 Å². The molecule has 2 saturated carbocycles. The normalized spacial score (nSPS) is 31.5. The Labute approximate surface area is 187 Å². The van der Waals surface area contributed by atoms with Crippen LogP contribution >= 0.6 is 0 Å². The Morgan fingerprint density at radius 1 is 0.938 bits per heavy atom. The molecule has 5 nitrogen and oxygen atoms in total. The molecule has 2 amide bonds. The lowest BCUT2D eigenvalue weighted by molar-refractivity contribution is -0.124. The minimum atomic E-state index is -0.258. The lowest BCUT2D eigenvalue weighted by Crippen LogP contribution is -2.40. The number of hydrogen-bond donors (Lipinski definition) is 0. The number of carbonyl (C=O) groups excluding carboxylic acids is 3. The molecule has 6 atom stereocenters. The smallest absolute Gasteiger partial charge is 0.238 e. The van der Waals surface area contributed by atoms with Crippen molar-refractivity contribution in [2.45, 2.75) is 20.3 Å². The summed E-state index contributed by atoms with van der Waals surface area (Å²) in [7, 11) is 0. The van der Waals surface area contributed by atoms with E-state index >= 15 is 0 Å². The lowest BCUT2D eigenvalue weighted by atomic mass is 9.63. The highest BCUT2D eigenvalue weighted by Crippen LogP contribution is 2.65. The van der Waals surface area contributed by atoms with Crippen LogP contribution in [0.2, 0.25) is 0 Å². The first-order chi connectivity index (χ1) is 15.5. The average molecular weight is 428 g/mol. The molecule has 0 unspecified atom stereocenters. The summed E-state index contributed by atoms with van der Waals surface area (Å²) in [4.78, 5) is 40.9. The van der Waals surface area contributed by atoms with E-state index in [1.54, 1.807) is 30.3 Å². The standard InChI is InChI=1S/C27H25NO4/c1-14-7-8-16(11-15(14)2)22(29)13-32-23-6-4-3-5-21(23)28-26(30)24-17-9-10-18(20-12-19(17)20)25(24)27(28)31/h3-11,17-20,24-25H,12-13H2,1-2H3/t17-,18-,19-,20-,24+,25+/m0/s1. The van der Waals surface area contributed by atoms with E-state index in [4.69, 9.17) is 4.74 Å². The molecule has 5 aliphatic rings. The minimum Gasteiger partial charge on any atom is -0.483 e. The van der Waals surface area contributed by atoms with Gasteiger partial charge in [0.05, 0.1) is 17.5 Å². The Balaban J connectivity index is 1.25. The highest BCUT2D eigenvalue weighted by Gasteiger charge is 2.67. The van der Waals surface area contributed by atoms with Crippen LogP contribution in [0.3, 0.4) is 0 Å². The zero-order valence-electron chi connectivity index (χ0n) is 18.2. The van der Waals surface area contributed by atoms with Gasteiger partial charge < -0.3 is 4.74 Å². The molecule has 4 aliphatic carbocycles. The SMILES string of the molecule is Cc1ccc(C(=O)COc2ccccc2N2C(=O)[C@@H]3[C@H]4C=C[C@@H]([C@@H]5C[C@@H]45)[C@H]3C2=O)cc1C. The van der Waals surface area contributed by atoms with Gasteiger partial charge in [0.2, 0.25) is 11.8 Å². The van der Waals surface area contributed by atoms with E-state index < -0.39 is 0 Å². The van der Waals surface area contributed by atoms with Gasteiger partial charge in [-0.2, -0.15) is 0 Å². The number of benzene rings is 2. The van der Waals surface area contributed by atoms with Crippen LogP contribution in [0, 0.1) is 49.4 Å². The van der Waals surface area contributed by atoms with Crippen LogP contribution in [0.25, 0.3) is 0 Å². The van der Waals surface area contributed by atoms with Crippen LogP contribution in [0.5, 0.6) is 5.75 Å². The van der Waals surface area contributed by atoms with Gasteiger partial charge in [0.15, 0.2) is 12.4 Å². The molecule has 5 heteroatoms. The third kappa shape index (κ3) is 2.73. The number of allylic oxidation sites excluding steroid dienone is 2. The second-order valence-corrected chi connectivity index (χ2v) is 9.65. The van der Waals surface area contributed by atoms with Crippen molar-refractivity contribution in [1.29, 1.82) is 0 Å². The van der Waals surface area contributed by atoms with Gasteiger partial charge in [-0.05, 0) is 73.3 Å². The van der Waals surface area contributed by atoms with Crippen molar-refractivity contribution in [3.63, 3.8) is 0 Å². The van der Waals surface area contributed by atoms with Gasteiger partial charge in [-0.1, -0.05) is 36.4 Å². The summed E-state index contributed by atoms with van der Waals surface area (Å²) in [5.41, 5.74) is 3.21. The highest BCUT2D eigenvalue weighted by atomic mass is 16.5.